The highest BCUT2D eigenvalue weighted by molar-refractivity contribution is 8.33. The summed E-state index contributed by atoms with van der Waals surface area (Å²) in [5.74, 6) is 2.61. The molecule has 4 nitrogen and oxygen atoms in total. The van der Waals surface area contributed by atoms with Crippen molar-refractivity contribution in [3.8, 4) is 5.75 Å². The monoisotopic (exact) mass is 424 g/mol. The fraction of sp³-hybridized carbons (Fsp3) is 0.545. The average Bonchev–Trinajstić information content (AvgIpc) is 3.15. The fourth-order valence-corrected chi connectivity index (χ4v) is 9.89. The smallest absolute Gasteiger partial charge is 0.276 e. The lowest BCUT2D eigenvalue weighted by molar-refractivity contribution is 0.313. The summed E-state index contributed by atoms with van der Waals surface area (Å²) in [5, 5.41) is 2.11. The predicted molar refractivity (Wildman–Crippen MR) is 119 cm³/mol. The Bertz CT molecular complexity index is 887. The van der Waals surface area contributed by atoms with Crippen molar-refractivity contribution in [2.75, 3.05) is 23.9 Å². The van der Waals surface area contributed by atoms with Crippen LogP contribution >= 0.6 is 10.3 Å². The normalized spacial score (nSPS) is 17.6. The molecule has 0 saturated carbocycles. The summed E-state index contributed by atoms with van der Waals surface area (Å²) in [7, 11) is -5.36. The molecule has 0 aromatic heterocycles. The molecule has 156 valence electrons. The van der Waals surface area contributed by atoms with Crippen molar-refractivity contribution in [1.82, 2.24) is 0 Å². The van der Waals surface area contributed by atoms with Gasteiger partial charge in [-0.15, -0.1) is 0 Å². The van der Waals surface area contributed by atoms with E-state index in [-0.39, 0.29) is 5.75 Å². The molecule has 0 bridgehead atoms. The van der Waals surface area contributed by atoms with E-state index in [1.165, 1.54) is 0 Å². The maximum Gasteiger partial charge on any atom is 0.276 e. The van der Waals surface area contributed by atoms with Gasteiger partial charge in [0, 0.05) is 21.8 Å². The van der Waals surface area contributed by atoms with Crippen LogP contribution in [0.25, 0.3) is 10.8 Å². The van der Waals surface area contributed by atoms with E-state index in [2.05, 4.69) is 25.1 Å². The quantitative estimate of drug-likeness (QED) is 0.437. The number of rotatable bonds is 10. The number of hydrogen-bond donors (Lipinski definition) is 0. The lowest BCUT2D eigenvalue weighted by atomic mass is 10.1. The first-order valence-electron chi connectivity index (χ1n) is 10.4. The summed E-state index contributed by atoms with van der Waals surface area (Å²) in [6, 6.07) is 12.2. The zero-order valence-electron chi connectivity index (χ0n) is 17.0. The fourth-order valence-electron chi connectivity index (χ4n) is 3.67. The molecule has 1 heterocycles. The summed E-state index contributed by atoms with van der Waals surface area (Å²) in [6.45, 7) is 4.84. The lowest BCUT2D eigenvalue weighted by Gasteiger charge is -2.35. The van der Waals surface area contributed by atoms with Crippen LogP contribution in [0.1, 0.15) is 52.4 Å². The molecule has 0 radical (unpaired) electrons. The van der Waals surface area contributed by atoms with E-state index in [1.807, 2.05) is 25.1 Å². The largest absolute Gasteiger partial charge is 0.493 e. The molecule has 0 unspecified atom stereocenters. The summed E-state index contributed by atoms with van der Waals surface area (Å²) < 4.78 is 37.4. The van der Waals surface area contributed by atoms with Crippen LogP contribution in [0.4, 0.5) is 0 Å². The summed E-state index contributed by atoms with van der Waals surface area (Å²) in [4.78, 5) is 1.06. The Morgan fingerprint density at radius 3 is 2.29 bits per heavy atom. The average molecular weight is 425 g/mol. The van der Waals surface area contributed by atoms with Gasteiger partial charge in [-0.2, -0.15) is 8.42 Å². The summed E-state index contributed by atoms with van der Waals surface area (Å²) in [6.07, 6.45) is 5.63. The van der Waals surface area contributed by atoms with Gasteiger partial charge in [0.1, 0.15) is 5.75 Å². The van der Waals surface area contributed by atoms with Crippen LogP contribution in [-0.2, 0) is 13.7 Å². The van der Waals surface area contributed by atoms with Crippen LogP contribution in [0.3, 0.4) is 0 Å². The molecule has 0 amide bonds. The zero-order chi connectivity index (χ0) is 20.0. The van der Waals surface area contributed by atoms with E-state index in [9.17, 15) is 8.42 Å². The molecule has 2 aromatic rings. The number of fused-ring (bicyclic) bond motifs is 1. The molecule has 6 heteroatoms. The van der Waals surface area contributed by atoms with E-state index >= 15 is 0 Å². The molecule has 1 saturated heterocycles. The van der Waals surface area contributed by atoms with Gasteiger partial charge < -0.3 is 4.74 Å². The van der Waals surface area contributed by atoms with Crippen LogP contribution in [0.5, 0.6) is 5.75 Å². The van der Waals surface area contributed by atoms with Gasteiger partial charge in [-0.3, -0.25) is 0 Å². The SMILES string of the molecule is CCCCOc1ccc(S2(OS(=O)(=O)CCCC)CCCC2)c2ccccc12. The van der Waals surface area contributed by atoms with Gasteiger partial charge in [0.2, 0.25) is 0 Å². The van der Waals surface area contributed by atoms with Gasteiger partial charge in [0.25, 0.3) is 10.1 Å². The Hall–Kier alpha value is -1.24. The molecule has 3 rings (SSSR count). The van der Waals surface area contributed by atoms with Gasteiger partial charge in [0.15, 0.2) is 0 Å². The first-order valence-corrected chi connectivity index (χ1v) is 13.9. The number of unbranched alkanes of at least 4 members (excludes halogenated alkanes) is 2. The summed E-state index contributed by atoms with van der Waals surface area (Å²) in [5.41, 5.74) is 0. The molecule has 0 spiro atoms. The third kappa shape index (κ3) is 4.84. The molecule has 28 heavy (non-hydrogen) atoms. The van der Waals surface area contributed by atoms with Crippen molar-refractivity contribution in [1.29, 1.82) is 0 Å². The highest BCUT2D eigenvalue weighted by Crippen LogP contribution is 2.64. The topological polar surface area (TPSA) is 52.6 Å². The minimum absolute atomic E-state index is 0.106. The van der Waals surface area contributed by atoms with Gasteiger partial charge in [-0.1, -0.05) is 61.3 Å². The van der Waals surface area contributed by atoms with Crippen molar-refractivity contribution >= 4 is 31.2 Å². The van der Waals surface area contributed by atoms with E-state index < -0.39 is 20.4 Å². The second kappa shape index (κ2) is 9.51. The highest BCUT2D eigenvalue weighted by Gasteiger charge is 2.37. The van der Waals surface area contributed by atoms with E-state index in [4.69, 9.17) is 8.37 Å². The maximum atomic E-state index is 12.7. The van der Waals surface area contributed by atoms with E-state index in [0.717, 1.165) is 65.0 Å². The summed E-state index contributed by atoms with van der Waals surface area (Å²) >= 11 is 0. The molecule has 0 N–H and O–H groups in total. The second-order valence-corrected chi connectivity index (χ2v) is 12.4. The minimum Gasteiger partial charge on any atom is -0.493 e. The minimum atomic E-state index is -3.52. The van der Waals surface area contributed by atoms with Crippen molar-refractivity contribution in [3.63, 3.8) is 0 Å². The zero-order valence-corrected chi connectivity index (χ0v) is 18.6. The van der Waals surface area contributed by atoms with Crippen LogP contribution in [0.2, 0.25) is 0 Å². The van der Waals surface area contributed by atoms with Crippen LogP contribution in [0.15, 0.2) is 41.3 Å². The van der Waals surface area contributed by atoms with Crippen molar-refractivity contribution in [2.24, 2.45) is 0 Å². The molecular weight excluding hydrogens is 392 g/mol. The maximum absolute atomic E-state index is 12.7. The van der Waals surface area contributed by atoms with E-state index in [1.54, 1.807) is 0 Å². The van der Waals surface area contributed by atoms with Gasteiger partial charge in [-0.25, -0.2) is 3.63 Å². The molecule has 2 aromatic carbocycles. The Kier molecular flexibility index (Phi) is 7.29. The second-order valence-electron chi connectivity index (χ2n) is 7.42. The number of benzene rings is 2. The van der Waals surface area contributed by atoms with E-state index in [0.29, 0.717) is 13.0 Å². The van der Waals surface area contributed by atoms with Crippen molar-refractivity contribution in [2.45, 2.75) is 57.3 Å². The molecule has 1 fully saturated rings. The lowest BCUT2D eigenvalue weighted by Crippen LogP contribution is -2.17. The van der Waals surface area contributed by atoms with Crippen LogP contribution in [-0.4, -0.2) is 32.3 Å². The van der Waals surface area contributed by atoms with Crippen LogP contribution < -0.4 is 4.74 Å². The standard InChI is InChI=1S/C22H32O4S2/c1-3-5-15-25-21-13-14-22(20-12-8-7-11-19(20)21)27(16-9-10-17-27)26-28(23,24)18-6-4-2/h7-8,11-14H,3-6,9-10,15-18H2,1-2H3. The predicted octanol–water partition coefficient (Wildman–Crippen LogP) is 6.04. The Morgan fingerprint density at radius 1 is 0.929 bits per heavy atom. The van der Waals surface area contributed by atoms with Crippen LogP contribution in [0, 0.1) is 0 Å². The first-order chi connectivity index (χ1) is 13.5. The molecule has 1 aliphatic heterocycles. The first kappa shape index (κ1) is 21.5. The highest BCUT2D eigenvalue weighted by atomic mass is 32.3. The van der Waals surface area contributed by atoms with Gasteiger partial charge in [-0.05, 0) is 43.2 Å². The Morgan fingerprint density at radius 2 is 1.61 bits per heavy atom. The molecular formula is C22H32O4S2. The van der Waals surface area contributed by atoms with Gasteiger partial charge >= 0.3 is 0 Å². The third-order valence-electron chi connectivity index (χ3n) is 5.18. The molecule has 0 atom stereocenters. The van der Waals surface area contributed by atoms with Crippen molar-refractivity contribution < 1.29 is 16.8 Å². The number of ether oxygens (including phenoxy) is 1. The Balaban J connectivity index is 2.01. The third-order valence-corrected chi connectivity index (χ3v) is 10.9. The van der Waals surface area contributed by atoms with Gasteiger partial charge in [0.05, 0.1) is 12.4 Å². The Labute approximate surface area is 171 Å². The number of hydrogen-bond acceptors (Lipinski definition) is 4. The van der Waals surface area contributed by atoms with Crippen molar-refractivity contribution in [3.05, 3.63) is 36.4 Å². The molecule has 0 aliphatic carbocycles. The molecule has 1 aliphatic rings.